The molecule has 0 spiro atoms. The second-order valence-electron chi connectivity index (χ2n) is 4.98. The number of nitriles is 1. The highest BCUT2D eigenvalue weighted by atomic mass is 32.2. The Bertz CT molecular complexity index is 838. The molecule has 0 aliphatic rings. The number of benzene rings is 2. The van der Waals surface area contributed by atoms with E-state index in [-0.39, 0.29) is 11.5 Å². The third-order valence-corrected chi connectivity index (χ3v) is 4.41. The van der Waals surface area contributed by atoms with Gasteiger partial charge in [0, 0.05) is 6.07 Å². The van der Waals surface area contributed by atoms with Gasteiger partial charge in [-0.1, -0.05) is 25.1 Å². The molecule has 0 aliphatic carbocycles. The molecular weight excluding hydrogens is 314 g/mol. The summed E-state index contributed by atoms with van der Waals surface area (Å²) in [4.78, 5) is 0. The van der Waals surface area contributed by atoms with Gasteiger partial charge in [0.1, 0.15) is 23.3 Å². The average molecular weight is 331 g/mol. The predicted molar refractivity (Wildman–Crippen MR) is 87.1 cm³/mol. The number of rotatable bonds is 6. The third kappa shape index (κ3) is 4.47. The highest BCUT2D eigenvalue weighted by Crippen LogP contribution is 2.29. The fourth-order valence-corrected chi connectivity index (χ4v) is 3.00. The highest BCUT2D eigenvalue weighted by Gasteiger charge is 2.12. The van der Waals surface area contributed by atoms with Crippen LogP contribution in [0.5, 0.6) is 17.2 Å². The molecule has 0 aliphatic heterocycles. The first-order valence-corrected chi connectivity index (χ1v) is 8.72. The van der Waals surface area contributed by atoms with Crippen LogP contribution in [0.2, 0.25) is 0 Å². The van der Waals surface area contributed by atoms with E-state index in [0.29, 0.717) is 23.5 Å². The monoisotopic (exact) mass is 331 g/mol. The second-order valence-corrected chi connectivity index (χ2v) is 6.67. The van der Waals surface area contributed by atoms with Crippen LogP contribution in [0, 0.1) is 18.3 Å². The minimum Gasteiger partial charge on any atom is -0.456 e. The van der Waals surface area contributed by atoms with Crippen molar-refractivity contribution in [3.63, 3.8) is 0 Å². The third-order valence-electron chi connectivity index (χ3n) is 3.06. The van der Waals surface area contributed by atoms with Crippen molar-refractivity contribution in [3.05, 3.63) is 53.6 Å². The number of ether oxygens (including phenoxy) is 1. The number of nitrogens with zero attached hydrogens (tertiary/aromatic N) is 1. The van der Waals surface area contributed by atoms with Crippen molar-refractivity contribution < 1.29 is 17.3 Å². The minimum atomic E-state index is -3.60. The van der Waals surface area contributed by atoms with Crippen LogP contribution in [0.15, 0.2) is 42.5 Å². The summed E-state index contributed by atoms with van der Waals surface area (Å²) in [6.45, 7) is 3.59. The molecule has 5 nitrogen and oxygen atoms in total. The van der Waals surface area contributed by atoms with Gasteiger partial charge >= 0.3 is 10.1 Å². The first-order chi connectivity index (χ1) is 10.9. The first-order valence-electron chi connectivity index (χ1n) is 7.15. The van der Waals surface area contributed by atoms with E-state index in [4.69, 9.17) is 8.92 Å². The van der Waals surface area contributed by atoms with Gasteiger partial charge in [-0.3, -0.25) is 0 Å². The molecule has 23 heavy (non-hydrogen) atoms. The van der Waals surface area contributed by atoms with E-state index in [2.05, 4.69) is 6.07 Å². The van der Waals surface area contributed by atoms with Crippen LogP contribution in [-0.4, -0.2) is 14.2 Å². The standard InChI is InChI=1S/C17H17NO4S/c1-3-10-23(19,20)22-15-8-5-7-14(11-15)21-17-9-4-6-13(2)16(17)12-18/h4-9,11H,3,10H2,1-2H3. The fraction of sp³-hybridized carbons (Fsp3) is 0.235. The van der Waals surface area contributed by atoms with Crippen molar-refractivity contribution in [2.45, 2.75) is 20.3 Å². The van der Waals surface area contributed by atoms with E-state index in [0.717, 1.165) is 5.56 Å². The molecule has 0 aromatic heterocycles. The van der Waals surface area contributed by atoms with Gasteiger partial charge in [-0.15, -0.1) is 0 Å². The van der Waals surface area contributed by atoms with Gasteiger partial charge in [0.25, 0.3) is 0 Å². The molecule has 0 bridgehead atoms. The highest BCUT2D eigenvalue weighted by molar-refractivity contribution is 7.87. The smallest absolute Gasteiger partial charge is 0.309 e. The van der Waals surface area contributed by atoms with Crippen LogP contribution >= 0.6 is 0 Å². The topological polar surface area (TPSA) is 76.4 Å². The Balaban J connectivity index is 2.25. The van der Waals surface area contributed by atoms with Gasteiger partial charge in [-0.05, 0) is 37.1 Å². The van der Waals surface area contributed by atoms with Gasteiger partial charge in [0.2, 0.25) is 0 Å². The normalized spacial score (nSPS) is 10.8. The van der Waals surface area contributed by atoms with Crippen LogP contribution in [0.4, 0.5) is 0 Å². The zero-order chi connectivity index (χ0) is 16.9. The summed E-state index contributed by atoms with van der Waals surface area (Å²) in [7, 11) is -3.60. The molecule has 2 rings (SSSR count). The summed E-state index contributed by atoms with van der Waals surface area (Å²) < 4.78 is 34.1. The summed E-state index contributed by atoms with van der Waals surface area (Å²) in [5, 5.41) is 9.21. The average Bonchev–Trinajstić information content (AvgIpc) is 2.47. The van der Waals surface area contributed by atoms with Crippen LogP contribution in [0.25, 0.3) is 0 Å². The van der Waals surface area contributed by atoms with Gasteiger partial charge in [-0.25, -0.2) is 0 Å². The van der Waals surface area contributed by atoms with Crippen molar-refractivity contribution in [1.82, 2.24) is 0 Å². The van der Waals surface area contributed by atoms with Crippen molar-refractivity contribution in [2.24, 2.45) is 0 Å². The lowest BCUT2D eigenvalue weighted by Gasteiger charge is -2.11. The lowest BCUT2D eigenvalue weighted by atomic mass is 10.1. The molecule has 2 aromatic carbocycles. The quantitative estimate of drug-likeness (QED) is 0.753. The Morgan fingerprint density at radius 1 is 1.13 bits per heavy atom. The molecule has 0 unspecified atom stereocenters. The Morgan fingerprint density at radius 2 is 1.83 bits per heavy atom. The van der Waals surface area contributed by atoms with Gasteiger partial charge in [-0.2, -0.15) is 13.7 Å². The zero-order valence-corrected chi connectivity index (χ0v) is 13.8. The SMILES string of the molecule is CCCS(=O)(=O)Oc1cccc(Oc2cccc(C)c2C#N)c1. The first kappa shape index (κ1) is 16.8. The molecule has 120 valence electrons. The van der Waals surface area contributed by atoms with Crippen LogP contribution in [0.3, 0.4) is 0 Å². The van der Waals surface area contributed by atoms with E-state index in [9.17, 15) is 13.7 Å². The summed E-state index contributed by atoms with van der Waals surface area (Å²) in [6.07, 6.45) is 0.480. The molecule has 0 radical (unpaired) electrons. The van der Waals surface area contributed by atoms with E-state index in [1.807, 2.05) is 13.0 Å². The van der Waals surface area contributed by atoms with E-state index in [1.54, 1.807) is 37.3 Å². The maximum absolute atomic E-state index is 11.7. The van der Waals surface area contributed by atoms with Crippen molar-refractivity contribution >= 4 is 10.1 Å². The van der Waals surface area contributed by atoms with Crippen molar-refractivity contribution in [3.8, 4) is 23.3 Å². The lowest BCUT2D eigenvalue weighted by molar-refractivity contribution is 0.467. The number of aryl methyl sites for hydroxylation is 1. The Morgan fingerprint density at radius 3 is 2.52 bits per heavy atom. The van der Waals surface area contributed by atoms with Crippen molar-refractivity contribution in [2.75, 3.05) is 5.75 Å². The second kappa shape index (κ2) is 7.16. The molecule has 0 amide bonds. The fourth-order valence-electron chi connectivity index (χ4n) is 2.02. The molecule has 6 heteroatoms. The molecule has 2 aromatic rings. The molecule has 0 saturated carbocycles. The van der Waals surface area contributed by atoms with Crippen LogP contribution in [-0.2, 0) is 10.1 Å². The largest absolute Gasteiger partial charge is 0.456 e. The summed E-state index contributed by atoms with van der Waals surface area (Å²) in [5.74, 6) is 0.952. The summed E-state index contributed by atoms with van der Waals surface area (Å²) in [6, 6.07) is 13.7. The minimum absolute atomic E-state index is 0.0471. The maximum atomic E-state index is 11.7. The van der Waals surface area contributed by atoms with Crippen LogP contribution in [0.1, 0.15) is 24.5 Å². The number of hydrogen-bond donors (Lipinski definition) is 0. The Labute approximate surface area is 136 Å². The van der Waals surface area contributed by atoms with E-state index < -0.39 is 10.1 Å². The van der Waals surface area contributed by atoms with Gasteiger partial charge in [0.05, 0.1) is 11.3 Å². The predicted octanol–water partition coefficient (Wildman–Crippen LogP) is 3.78. The molecule has 0 saturated heterocycles. The zero-order valence-electron chi connectivity index (χ0n) is 12.9. The molecular formula is C17H17NO4S. The molecule has 0 heterocycles. The van der Waals surface area contributed by atoms with E-state index in [1.165, 1.54) is 6.07 Å². The maximum Gasteiger partial charge on any atom is 0.309 e. The van der Waals surface area contributed by atoms with Crippen LogP contribution < -0.4 is 8.92 Å². The Kier molecular flexibility index (Phi) is 5.24. The summed E-state index contributed by atoms with van der Waals surface area (Å²) >= 11 is 0. The summed E-state index contributed by atoms with van der Waals surface area (Å²) in [5.41, 5.74) is 1.25. The molecule has 0 N–H and O–H groups in total. The lowest BCUT2D eigenvalue weighted by Crippen LogP contribution is -2.13. The van der Waals surface area contributed by atoms with Crippen molar-refractivity contribution in [1.29, 1.82) is 5.26 Å². The van der Waals surface area contributed by atoms with E-state index >= 15 is 0 Å². The van der Waals surface area contributed by atoms with Gasteiger partial charge in [0.15, 0.2) is 0 Å². The molecule has 0 atom stereocenters. The van der Waals surface area contributed by atoms with Gasteiger partial charge < -0.3 is 8.92 Å². The number of hydrogen-bond acceptors (Lipinski definition) is 5. The molecule has 0 fully saturated rings. The Hall–Kier alpha value is -2.52.